The van der Waals surface area contributed by atoms with Gasteiger partial charge in [0.1, 0.15) is 0 Å². The van der Waals surface area contributed by atoms with E-state index in [4.69, 9.17) is 0 Å². The summed E-state index contributed by atoms with van der Waals surface area (Å²) in [7, 11) is 0. The molecule has 1 heterocycles. The molecule has 0 bridgehead atoms. The second kappa shape index (κ2) is 8.30. The highest BCUT2D eigenvalue weighted by Crippen LogP contribution is 2.38. The van der Waals surface area contributed by atoms with Gasteiger partial charge in [0.2, 0.25) is 0 Å². The van der Waals surface area contributed by atoms with Gasteiger partial charge < -0.3 is 10.4 Å². The lowest BCUT2D eigenvalue weighted by Crippen LogP contribution is -2.49. The maximum atomic E-state index is 9.86. The summed E-state index contributed by atoms with van der Waals surface area (Å²) in [4.78, 5) is 2.51. The largest absolute Gasteiger partial charge is 0.396 e. The molecular formula is C18H31ClN2O. The molecule has 0 aliphatic carbocycles. The number of halogens is 1. The van der Waals surface area contributed by atoms with Gasteiger partial charge in [0, 0.05) is 44.2 Å². The summed E-state index contributed by atoms with van der Waals surface area (Å²) in [6, 6.07) is 9.25. The Kier molecular flexibility index (Phi) is 7.33. The standard InChI is InChI=1S/C18H30N2O.ClH/c1-14(2)15-5-7-16(8-6-15)17(18(3,4)13-21)20-11-9-19-10-12-20;/h5-8,14,17,19,21H,9-13H2,1-4H3;1H/t17-;/m1./s1. The van der Waals surface area contributed by atoms with E-state index in [0.29, 0.717) is 5.92 Å². The lowest BCUT2D eigenvalue weighted by Gasteiger charge is -2.43. The second-order valence-electron chi connectivity index (χ2n) is 7.16. The number of hydrogen-bond donors (Lipinski definition) is 2. The highest BCUT2D eigenvalue weighted by molar-refractivity contribution is 5.85. The van der Waals surface area contributed by atoms with Crippen molar-refractivity contribution in [1.82, 2.24) is 10.2 Å². The first-order chi connectivity index (χ1) is 9.95. The van der Waals surface area contributed by atoms with Crippen LogP contribution in [0.2, 0.25) is 0 Å². The Bertz CT molecular complexity index is 439. The molecule has 1 aliphatic heterocycles. The molecule has 1 aliphatic rings. The molecule has 1 aromatic rings. The molecule has 2 N–H and O–H groups in total. The first kappa shape index (κ1) is 19.4. The van der Waals surface area contributed by atoms with E-state index in [2.05, 4.69) is 62.2 Å². The zero-order chi connectivity index (χ0) is 15.5. The van der Waals surface area contributed by atoms with Crippen LogP contribution >= 0.6 is 12.4 Å². The Labute approximate surface area is 141 Å². The number of nitrogens with one attached hydrogen (secondary N) is 1. The van der Waals surface area contributed by atoms with Crippen LogP contribution in [0.1, 0.15) is 50.8 Å². The molecular weight excluding hydrogens is 296 g/mol. The Hall–Kier alpha value is -0.610. The molecule has 0 aromatic heterocycles. The fraction of sp³-hybridized carbons (Fsp3) is 0.667. The number of hydrogen-bond acceptors (Lipinski definition) is 3. The van der Waals surface area contributed by atoms with E-state index in [0.717, 1.165) is 26.2 Å². The molecule has 0 radical (unpaired) electrons. The quantitative estimate of drug-likeness (QED) is 0.872. The first-order valence-corrected chi connectivity index (χ1v) is 8.11. The third-order valence-corrected chi connectivity index (χ3v) is 4.58. The maximum Gasteiger partial charge on any atom is 0.0500 e. The molecule has 126 valence electrons. The van der Waals surface area contributed by atoms with Crippen molar-refractivity contribution >= 4 is 12.4 Å². The summed E-state index contributed by atoms with van der Waals surface area (Å²) in [5.41, 5.74) is 2.55. The summed E-state index contributed by atoms with van der Waals surface area (Å²) in [5, 5.41) is 13.3. The molecule has 0 unspecified atom stereocenters. The van der Waals surface area contributed by atoms with Crippen molar-refractivity contribution in [3.63, 3.8) is 0 Å². The van der Waals surface area contributed by atoms with Crippen LogP contribution in [0.15, 0.2) is 24.3 Å². The summed E-state index contributed by atoms with van der Waals surface area (Å²) in [5.74, 6) is 0.558. The molecule has 2 rings (SSSR count). The zero-order valence-electron chi connectivity index (χ0n) is 14.3. The highest BCUT2D eigenvalue weighted by Gasteiger charge is 2.35. The molecule has 1 saturated heterocycles. The van der Waals surface area contributed by atoms with Crippen molar-refractivity contribution in [3.8, 4) is 0 Å². The number of rotatable bonds is 5. The van der Waals surface area contributed by atoms with Crippen molar-refractivity contribution in [2.45, 2.75) is 39.7 Å². The molecule has 0 amide bonds. The van der Waals surface area contributed by atoms with Gasteiger partial charge in [-0.05, 0) is 17.0 Å². The van der Waals surface area contributed by atoms with Gasteiger partial charge in [0.15, 0.2) is 0 Å². The zero-order valence-corrected chi connectivity index (χ0v) is 15.1. The minimum absolute atomic E-state index is 0. The molecule has 22 heavy (non-hydrogen) atoms. The molecule has 4 heteroatoms. The van der Waals surface area contributed by atoms with Crippen molar-refractivity contribution < 1.29 is 5.11 Å². The second-order valence-corrected chi connectivity index (χ2v) is 7.16. The summed E-state index contributed by atoms with van der Waals surface area (Å²) >= 11 is 0. The van der Waals surface area contributed by atoms with Gasteiger partial charge in [-0.1, -0.05) is 52.0 Å². The van der Waals surface area contributed by atoms with Gasteiger partial charge >= 0.3 is 0 Å². The first-order valence-electron chi connectivity index (χ1n) is 8.11. The van der Waals surface area contributed by atoms with Crippen molar-refractivity contribution in [2.75, 3.05) is 32.8 Å². The Balaban J connectivity index is 0.00000242. The third kappa shape index (κ3) is 4.45. The average molecular weight is 327 g/mol. The monoisotopic (exact) mass is 326 g/mol. The van der Waals surface area contributed by atoms with Crippen LogP contribution < -0.4 is 5.32 Å². The minimum atomic E-state index is -0.142. The van der Waals surface area contributed by atoms with Crippen LogP contribution in [0.25, 0.3) is 0 Å². The van der Waals surface area contributed by atoms with Crippen molar-refractivity contribution in [3.05, 3.63) is 35.4 Å². The van der Waals surface area contributed by atoms with Gasteiger partial charge in [0.05, 0.1) is 0 Å². The number of piperazine rings is 1. The van der Waals surface area contributed by atoms with Crippen molar-refractivity contribution in [2.24, 2.45) is 5.41 Å². The normalized spacial score (nSPS) is 18.1. The van der Waals surface area contributed by atoms with Gasteiger partial charge in [-0.3, -0.25) is 4.90 Å². The maximum absolute atomic E-state index is 9.86. The fourth-order valence-corrected chi connectivity index (χ4v) is 3.25. The Morgan fingerprint density at radius 3 is 2.05 bits per heavy atom. The topological polar surface area (TPSA) is 35.5 Å². The third-order valence-electron chi connectivity index (χ3n) is 4.58. The van der Waals surface area contributed by atoms with Crippen LogP contribution in [-0.2, 0) is 0 Å². The van der Waals surface area contributed by atoms with E-state index < -0.39 is 0 Å². The van der Waals surface area contributed by atoms with E-state index in [9.17, 15) is 5.11 Å². The Morgan fingerprint density at radius 2 is 1.59 bits per heavy atom. The van der Waals surface area contributed by atoms with E-state index in [-0.39, 0.29) is 30.5 Å². The molecule has 1 aromatic carbocycles. The number of nitrogens with zero attached hydrogens (tertiary/aromatic N) is 1. The molecule has 3 nitrogen and oxygen atoms in total. The summed E-state index contributed by atoms with van der Waals surface area (Å²) in [6.45, 7) is 13.1. The summed E-state index contributed by atoms with van der Waals surface area (Å²) in [6.07, 6.45) is 0. The van der Waals surface area contributed by atoms with Crippen LogP contribution in [0, 0.1) is 5.41 Å². The van der Waals surface area contributed by atoms with E-state index in [1.165, 1.54) is 11.1 Å². The minimum Gasteiger partial charge on any atom is -0.396 e. The predicted molar refractivity (Wildman–Crippen MR) is 95.8 cm³/mol. The van der Waals surface area contributed by atoms with Crippen molar-refractivity contribution in [1.29, 1.82) is 0 Å². The van der Waals surface area contributed by atoms with Gasteiger partial charge in [-0.15, -0.1) is 12.4 Å². The highest BCUT2D eigenvalue weighted by atomic mass is 35.5. The van der Waals surface area contributed by atoms with E-state index in [1.807, 2.05) is 0 Å². The lowest BCUT2D eigenvalue weighted by molar-refractivity contribution is 0.0305. The SMILES string of the molecule is CC(C)c1ccc([C@@H](N2CCNCC2)C(C)(C)CO)cc1.Cl. The number of aliphatic hydroxyl groups is 1. The average Bonchev–Trinajstić information content (AvgIpc) is 2.49. The molecule has 1 fully saturated rings. The molecule has 0 saturated carbocycles. The van der Waals surface area contributed by atoms with Gasteiger partial charge in [-0.25, -0.2) is 0 Å². The fourth-order valence-electron chi connectivity index (χ4n) is 3.25. The smallest absolute Gasteiger partial charge is 0.0500 e. The molecule has 1 atom stereocenters. The van der Waals surface area contributed by atoms with Crippen LogP contribution in [0.5, 0.6) is 0 Å². The predicted octanol–water partition coefficient (Wildman–Crippen LogP) is 3.20. The Morgan fingerprint density at radius 1 is 1.09 bits per heavy atom. The van der Waals surface area contributed by atoms with Crippen LogP contribution in [-0.4, -0.2) is 42.8 Å². The summed E-state index contributed by atoms with van der Waals surface area (Å²) < 4.78 is 0. The van der Waals surface area contributed by atoms with E-state index >= 15 is 0 Å². The lowest BCUT2D eigenvalue weighted by atomic mass is 9.79. The van der Waals surface area contributed by atoms with E-state index in [1.54, 1.807) is 0 Å². The van der Waals surface area contributed by atoms with Gasteiger partial charge in [0.25, 0.3) is 0 Å². The van der Waals surface area contributed by atoms with Gasteiger partial charge in [-0.2, -0.15) is 0 Å². The van der Waals surface area contributed by atoms with Crippen LogP contribution in [0.4, 0.5) is 0 Å². The molecule has 0 spiro atoms. The number of aliphatic hydroxyl groups excluding tert-OH is 1. The van der Waals surface area contributed by atoms with Crippen LogP contribution in [0.3, 0.4) is 0 Å². The number of benzene rings is 1.